The summed E-state index contributed by atoms with van der Waals surface area (Å²) < 4.78 is 22.4. The maximum absolute atomic E-state index is 12.5. The zero-order valence-electron chi connectivity index (χ0n) is 6.31. The second kappa shape index (κ2) is 5.51. The molecular formula is C6H6FO5P. The van der Waals surface area contributed by atoms with E-state index in [0.717, 1.165) is 0 Å². The quantitative estimate of drug-likeness (QED) is 0.665. The Hall–Kier alpha value is -1.12. The van der Waals surface area contributed by atoms with Crippen molar-refractivity contribution in [1.29, 1.82) is 0 Å². The third-order valence-corrected chi connectivity index (χ3v) is 1.63. The molecule has 0 fully saturated rings. The predicted molar refractivity (Wildman–Crippen MR) is 39.8 cm³/mol. The average Bonchev–Trinajstić information content (AvgIpc) is 2.03. The molecule has 0 aromatic rings. The number of halogens is 1. The van der Waals surface area contributed by atoms with Crippen molar-refractivity contribution in [2.75, 3.05) is 0 Å². The van der Waals surface area contributed by atoms with Crippen LogP contribution in [0.1, 0.15) is 6.42 Å². The van der Waals surface area contributed by atoms with Gasteiger partial charge in [0.05, 0.1) is 0 Å². The fourth-order valence-electron chi connectivity index (χ4n) is 0.580. The summed E-state index contributed by atoms with van der Waals surface area (Å²) in [7, 11) is -0.683. The topological polar surface area (TPSA) is 91.7 Å². The molecule has 0 saturated heterocycles. The van der Waals surface area contributed by atoms with E-state index in [9.17, 15) is 18.5 Å². The molecular weight excluding hydrogens is 202 g/mol. The Kier molecular flexibility index (Phi) is 5.04. The van der Waals surface area contributed by atoms with Gasteiger partial charge < -0.3 is 0 Å². The van der Waals surface area contributed by atoms with E-state index in [1.165, 1.54) is 0 Å². The zero-order chi connectivity index (χ0) is 10.4. The molecule has 7 heteroatoms. The number of hydrogen-bond acceptors (Lipinski definition) is 3. The van der Waals surface area contributed by atoms with Gasteiger partial charge in [-0.25, -0.2) is 0 Å². The molecule has 0 saturated carbocycles. The van der Waals surface area contributed by atoms with Gasteiger partial charge in [0, 0.05) is 0 Å². The number of hydrogen-bond donors (Lipinski definition) is 2. The number of carbonyl (C=O) groups is 2. The first-order chi connectivity index (χ1) is 5.99. The fourth-order valence-corrected chi connectivity index (χ4v) is 0.923. The Bertz CT molecular complexity index is 308. The molecule has 0 aromatic carbocycles. The van der Waals surface area contributed by atoms with Crippen molar-refractivity contribution in [3.63, 3.8) is 0 Å². The van der Waals surface area contributed by atoms with Crippen LogP contribution in [0, 0.1) is 11.5 Å². The van der Waals surface area contributed by atoms with E-state index in [4.69, 9.17) is 10.2 Å². The van der Waals surface area contributed by atoms with Crippen molar-refractivity contribution in [1.82, 2.24) is 0 Å². The van der Waals surface area contributed by atoms with Gasteiger partial charge in [0.15, 0.2) is 0 Å². The first kappa shape index (κ1) is 11.9. The number of alkyl halides is 1. The van der Waals surface area contributed by atoms with E-state index >= 15 is 0 Å². The Balaban J connectivity index is 4.41. The number of carboxylic acids is 2. The molecule has 2 unspecified atom stereocenters. The molecule has 0 aliphatic carbocycles. The molecule has 2 N–H and O–H groups in total. The van der Waals surface area contributed by atoms with E-state index in [0.29, 0.717) is 0 Å². The van der Waals surface area contributed by atoms with E-state index in [2.05, 4.69) is 0 Å². The van der Waals surface area contributed by atoms with Crippen molar-refractivity contribution < 1.29 is 28.8 Å². The van der Waals surface area contributed by atoms with Crippen molar-refractivity contribution in [3.8, 4) is 5.63 Å². The number of rotatable bonds is 4. The molecule has 0 amide bonds. The second-order valence-electron chi connectivity index (χ2n) is 2.15. The van der Waals surface area contributed by atoms with Crippen LogP contribution in [0.5, 0.6) is 0 Å². The standard InChI is InChI=1S/C6H6FO5P/c7-4(6(10)11)1-3(2-13-12)5(8)9/h3-4H,1H2,(H,8,9)(H,10,11). The molecule has 0 rings (SSSR count). The SMILES string of the molecule is O=P#CC(CC(F)C(=O)O)C(=O)O. The van der Waals surface area contributed by atoms with Crippen molar-refractivity contribution in [2.24, 2.45) is 5.92 Å². The molecule has 0 aromatic heterocycles. The number of aliphatic carboxylic acids is 2. The molecule has 0 bridgehead atoms. The Labute approximate surface area is 73.7 Å². The van der Waals surface area contributed by atoms with Crippen LogP contribution in [0.15, 0.2) is 0 Å². The second-order valence-corrected chi connectivity index (χ2v) is 2.59. The summed E-state index contributed by atoms with van der Waals surface area (Å²) in [4.78, 5) is 20.3. The van der Waals surface area contributed by atoms with Gasteiger partial charge in [-0.1, -0.05) is 0 Å². The number of carboxylic acid groups (broad SMARTS) is 2. The van der Waals surface area contributed by atoms with Gasteiger partial charge in [0.1, 0.15) is 0 Å². The Morgan fingerprint density at radius 3 is 2.23 bits per heavy atom. The minimum absolute atomic E-state index is 0.683. The normalized spacial score (nSPS) is 13.9. The van der Waals surface area contributed by atoms with Crippen LogP contribution >= 0.6 is 7.92 Å². The summed E-state index contributed by atoms with van der Waals surface area (Å²) >= 11 is 0. The molecule has 0 radical (unpaired) electrons. The van der Waals surface area contributed by atoms with Crippen molar-refractivity contribution in [3.05, 3.63) is 0 Å². The molecule has 0 spiro atoms. The fraction of sp³-hybridized carbons (Fsp3) is 0.500. The zero-order valence-corrected chi connectivity index (χ0v) is 7.20. The van der Waals surface area contributed by atoms with Crippen molar-refractivity contribution in [2.45, 2.75) is 12.6 Å². The van der Waals surface area contributed by atoms with E-state index < -0.39 is 38.4 Å². The van der Waals surface area contributed by atoms with Crippen LogP contribution in [0.3, 0.4) is 0 Å². The van der Waals surface area contributed by atoms with Crippen LogP contribution in [0.25, 0.3) is 0 Å². The Morgan fingerprint density at radius 2 is 1.92 bits per heavy atom. The van der Waals surface area contributed by atoms with Gasteiger partial charge in [-0.15, -0.1) is 0 Å². The summed E-state index contributed by atoms with van der Waals surface area (Å²) in [5.74, 6) is -4.66. The van der Waals surface area contributed by atoms with Gasteiger partial charge in [0.25, 0.3) is 0 Å². The monoisotopic (exact) mass is 208 g/mol. The predicted octanol–water partition coefficient (Wildman–Crippen LogP) is 0.751. The van der Waals surface area contributed by atoms with Crippen LogP contribution in [-0.4, -0.2) is 28.3 Å². The van der Waals surface area contributed by atoms with Crippen LogP contribution in [-0.2, 0) is 14.2 Å². The third-order valence-electron chi connectivity index (χ3n) is 1.22. The molecule has 0 aliphatic heterocycles. The summed E-state index contributed by atoms with van der Waals surface area (Å²) in [6.45, 7) is 0. The maximum atomic E-state index is 12.5. The van der Waals surface area contributed by atoms with Crippen molar-refractivity contribution >= 4 is 19.9 Å². The third kappa shape index (κ3) is 4.45. The average molecular weight is 208 g/mol. The molecule has 0 aliphatic rings. The molecule has 5 nitrogen and oxygen atoms in total. The first-order valence-corrected chi connectivity index (χ1v) is 3.97. The van der Waals surface area contributed by atoms with Crippen LogP contribution in [0.4, 0.5) is 4.39 Å². The van der Waals surface area contributed by atoms with E-state index in [1.807, 2.05) is 5.63 Å². The molecule has 13 heavy (non-hydrogen) atoms. The van der Waals surface area contributed by atoms with Crippen LogP contribution < -0.4 is 0 Å². The van der Waals surface area contributed by atoms with Gasteiger partial charge in [0.2, 0.25) is 0 Å². The molecule has 2 atom stereocenters. The van der Waals surface area contributed by atoms with Gasteiger partial charge in [-0.3, -0.25) is 0 Å². The Morgan fingerprint density at radius 1 is 1.38 bits per heavy atom. The summed E-state index contributed by atoms with van der Waals surface area (Å²) in [5, 5.41) is 16.5. The van der Waals surface area contributed by atoms with Gasteiger partial charge >= 0.3 is 72.7 Å². The summed E-state index contributed by atoms with van der Waals surface area (Å²) in [6.07, 6.45) is -3.05. The first-order valence-electron chi connectivity index (χ1n) is 3.16. The minimum atomic E-state index is -2.28. The van der Waals surface area contributed by atoms with E-state index in [1.54, 1.807) is 0 Å². The van der Waals surface area contributed by atoms with Gasteiger partial charge in [-0.2, -0.15) is 0 Å². The van der Waals surface area contributed by atoms with Gasteiger partial charge in [-0.05, 0) is 0 Å². The van der Waals surface area contributed by atoms with Crippen LogP contribution in [0.2, 0.25) is 0 Å². The summed E-state index contributed by atoms with van der Waals surface area (Å²) in [6, 6.07) is 0. The molecule has 0 heterocycles. The summed E-state index contributed by atoms with van der Waals surface area (Å²) in [5.41, 5.74) is 1.88. The van der Waals surface area contributed by atoms with E-state index in [-0.39, 0.29) is 0 Å². The molecule has 72 valence electrons.